The highest BCUT2D eigenvalue weighted by molar-refractivity contribution is 6.03. The molecule has 110 valence electrons. The normalized spacial score (nSPS) is 10.1. The molecule has 0 radical (unpaired) electrons. The van der Waals surface area contributed by atoms with Crippen molar-refractivity contribution in [2.45, 2.75) is 13.8 Å². The van der Waals surface area contributed by atoms with Crippen LogP contribution in [-0.4, -0.2) is 30.1 Å². The molecular weight excluding hydrogens is 270 g/mol. The Balaban J connectivity index is 2.26. The van der Waals surface area contributed by atoms with Crippen molar-refractivity contribution in [1.29, 1.82) is 0 Å². The Morgan fingerprint density at radius 3 is 2.29 bits per heavy atom. The van der Waals surface area contributed by atoms with Crippen LogP contribution in [0, 0.1) is 13.8 Å². The molecule has 0 saturated heterocycles. The van der Waals surface area contributed by atoms with Gasteiger partial charge in [0.25, 0.3) is 5.91 Å². The molecule has 0 fully saturated rings. The van der Waals surface area contributed by atoms with E-state index in [4.69, 9.17) is 9.47 Å². The maximum atomic E-state index is 12.1. The van der Waals surface area contributed by atoms with Gasteiger partial charge in [-0.2, -0.15) is 0 Å². The zero-order valence-corrected chi connectivity index (χ0v) is 12.4. The molecule has 0 aliphatic rings. The molecule has 6 nitrogen and oxygen atoms in total. The maximum Gasteiger partial charge on any atom is 0.275 e. The summed E-state index contributed by atoms with van der Waals surface area (Å²) in [4.78, 5) is 20.3. The number of nitrogens with one attached hydrogen (secondary N) is 1. The Morgan fingerprint density at radius 2 is 1.71 bits per heavy atom. The predicted octanol–water partition coefficient (Wildman–Crippen LogP) is 2.36. The first kappa shape index (κ1) is 14.8. The van der Waals surface area contributed by atoms with Crippen molar-refractivity contribution in [3.05, 3.63) is 41.5 Å². The van der Waals surface area contributed by atoms with E-state index in [2.05, 4.69) is 15.3 Å². The van der Waals surface area contributed by atoms with Crippen molar-refractivity contribution < 1.29 is 14.3 Å². The lowest BCUT2D eigenvalue weighted by molar-refractivity contribution is 0.102. The second-order valence-electron chi connectivity index (χ2n) is 4.52. The van der Waals surface area contributed by atoms with Crippen LogP contribution in [-0.2, 0) is 0 Å². The quantitative estimate of drug-likeness (QED) is 0.934. The van der Waals surface area contributed by atoms with Crippen LogP contribution in [0.2, 0.25) is 0 Å². The Morgan fingerprint density at radius 1 is 1.05 bits per heavy atom. The highest BCUT2D eigenvalue weighted by Gasteiger charge is 2.13. The molecule has 0 aliphatic carbocycles. The fraction of sp³-hybridized carbons (Fsp3) is 0.267. The highest BCUT2D eigenvalue weighted by Crippen LogP contribution is 2.32. The van der Waals surface area contributed by atoms with Crippen molar-refractivity contribution in [2.24, 2.45) is 0 Å². The minimum absolute atomic E-state index is 0.259. The van der Waals surface area contributed by atoms with E-state index in [1.807, 2.05) is 13.8 Å². The van der Waals surface area contributed by atoms with Gasteiger partial charge in [0, 0.05) is 18.0 Å². The Hall–Kier alpha value is -2.63. The van der Waals surface area contributed by atoms with Crippen LogP contribution in [0.1, 0.15) is 21.7 Å². The van der Waals surface area contributed by atoms with Gasteiger partial charge in [-0.3, -0.25) is 9.78 Å². The summed E-state index contributed by atoms with van der Waals surface area (Å²) in [5.41, 5.74) is 2.52. The van der Waals surface area contributed by atoms with E-state index in [1.54, 1.807) is 32.5 Å². The number of carbonyl (C=O) groups is 1. The molecule has 0 saturated carbocycles. The number of benzene rings is 1. The molecular formula is C15H17N3O3. The number of anilines is 1. The van der Waals surface area contributed by atoms with E-state index in [1.165, 1.54) is 6.20 Å². The van der Waals surface area contributed by atoms with Gasteiger partial charge in [-0.05, 0) is 25.5 Å². The number of methoxy groups -OCH3 is 2. The molecule has 0 unspecified atom stereocenters. The van der Waals surface area contributed by atoms with Gasteiger partial charge < -0.3 is 14.8 Å². The van der Waals surface area contributed by atoms with Gasteiger partial charge in [0.05, 0.1) is 26.1 Å². The lowest BCUT2D eigenvalue weighted by atomic mass is 10.1. The van der Waals surface area contributed by atoms with E-state index in [0.29, 0.717) is 17.2 Å². The van der Waals surface area contributed by atoms with Crippen LogP contribution in [0.5, 0.6) is 11.5 Å². The fourth-order valence-electron chi connectivity index (χ4n) is 1.81. The number of hydrogen-bond donors (Lipinski definition) is 1. The minimum atomic E-state index is -0.321. The third-order valence-electron chi connectivity index (χ3n) is 2.99. The summed E-state index contributed by atoms with van der Waals surface area (Å²) in [6.07, 6.45) is 3.00. The number of aromatic nitrogens is 2. The summed E-state index contributed by atoms with van der Waals surface area (Å²) in [6.45, 7) is 3.69. The molecule has 1 N–H and O–H groups in total. The van der Waals surface area contributed by atoms with Gasteiger partial charge in [0.2, 0.25) is 0 Å². The van der Waals surface area contributed by atoms with Gasteiger partial charge in [-0.15, -0.1) is 0 Å². The average Bonchev–Trinajstić information content (AvgIpc) is 2.49. The minimum Gasteiger partial charge on any atom is -0.493 e. The molecule has 1 heterocycles. The van der Waals surface area contributed by atoms with Crippen molar-refractivity contribution in [3.8, 4) is 11.5 Å². The van der Waals surface area contributed by atoms with Crippen LogP contribution in [0.3, 0.4) is 0 Å². The first-order valence-corrected chi connectivity index (χ1v) is 6.37. The summed E-state index contributed by atoms with van der Waals surface area (Å²) in [7, 11) is 3.11. The number of carbonyl (C=O) groups excluding carboxylic acids is 1. The number of nitrogens with zero attached hydrogens (tertiary/aromatic N) is 2. The third kappa shape index (κ3) is 3.28. The third-order valence-corrected chi connectivity index (χ3v) is 2.99. The maximum absolute atomic E-state index is 12.1. The fourth-order valence-corrected chi connectivity index (χ4v) is 1.81. The molecule has 1 aromatic heterocycles. The molecule has 1 aromatic carbocycles. The Labute approximate surface area is 123 Å². The van der Waals surface area contributed by atoms with E-state index >= 15 is 0 Å². The lowest BCUT2D eigenvalue weighted by Crippen LogP contribution is -2.15. The highest BCUT2D eigenvalue weighted by atomic mass is 16.5. The summed E-state index contributed by atoms with van der Waals surface area (Å²) in [5.74, 6) is 0.842. The van der Waals surface area contributed by atoms with Crippen molar-refractivity contribution >= 4 is 11.6 Å². The summed E-state index contributed by atoms with van der Waals surface area (Å²) in [5, 5.41) is 2.79. The number of amides is 1. The molecule has 6 heteroatoms. The number of ether oxygens (including phenoxy) is 2. The van der Waals surface area contributed by atoms with Gasteiger partial charge >= 0.3 is 0 Å². The second kappa shape index (κ2) is 6.21. The van der Waals surface area contributed by atoms with E-state index in [9.17, 15) is 4.79 Å². The van der Waals surface area contributed by atoms with Crippen LogP contribution < -0.4 is 14.8 Å². The first-order valence-electron chi connectivity index (χ1n) is 6.37. The zero-order chi connectivity index (χ0) is 15.4. The van der Waals surface area contributed by atoms with Crippen molar-refractivity contribution in [3.63, 3.8) is 0 Å². The molecule has 0 aliphatic heterocycles. The zero-order valence-electron chi connectivity index (χ0n) is 12.4. The number of hydrogen-bond acceptors (Lipinski definition) is 5. The molecule has 0 spiro atoms. The van der Waals surface area contributed by atoms with Crippen molar-refractivity contribution in [1.82, 2.24) is 9.97 Å². The summed E-state index contributed by atoms with van der Waals surface area (Å²) in [6, 6.07) is 3.52. The predicted molar refractivity (Wildman–Crippen MR) is 79.0 cm³/mol. The van der Waals surface area contributed by atoms with Crippen molar-refractivity contribution in [2.75, 3.05) is 19.5 Å². The largest absolute Gasteiger partial charge is 0.493 e. The number of rotatable bonds is 4. The molecule has 0 atom stereocenters. The molecule has 2 aromatic rings. The van der Waals surface area contributed by atoms with Crippen LogP contribution in [0.4, 0.5) is 5.69 Å². The van der Waals surface area contributed by atoms with Gasteiger partial charge in [-0.25, -0.2) is 4.98 Å². The first-order chi connectivity index (χ1) is 10.0. The second-order valence-corrected chi connectivity index (χ2v) is 4.52. The average molecular weight is 287 g/mol. The van der Waals surface area contributed by atoms with Gasteiger partial charge in [0.15, 0.2) is 11.5 Å². The molecule has 1 amide bonds. The summed E-state index contributed by atoms with van der Waals surface area (Å²) < 4.78 is 10.4. The SMILES string of the molecule is COc1cc(C)c(NC(=O)c2cnc(C)cn2)cc1OC. The lowest BCUT2D eigenvalue weighted by Gasteiger charge is -2.13. The van der Waals surface area contributed by atoms with Crippen LogP contribution in [0.15, 0.2) is 24.5 Å². The molecule has 2 rings (SSSR count). The van der Waals surface area contributed by atoms with Gasteiger partial charge in [0.1, 0.15) is 5.69 Å². The number of aryl methyl sites for hydroxylation is 2. The molecule has 0 bridgehead atoms. The topological polar surface area (TPSA) is 73.3 Å². The van der Waals surface area contributed by atoms with E-state index in [-0.39, 0.29) is 11.6 Å². The van der Waals surface area contributed by atoms with Crippen LogP contribution >= 0.6 is 0 Å². The van der Waals surface area contributed by atoms with Gasteiger partial charge in [-0.1, -0.05) is 0 Å². The van der Waals surface area contributed by atoms with Crippen LogP contribution in [0.25, 0.3) is 0 Å². The standard InChI is InChI=1S/C15H17N3O3/c1-9-5-13(20-3)14(21-4)6-11(9)18-15(19)12-8-16-10(2)7-17-12/h5-8H,1-4H3,(H,18,19). The monoisotopic (exact) mass is 287 g/mol. The Kier molecular flexibility index (Phi) is 4.37. The smallest absolute Gasteiger partial charge is 0.275 e. The van der Waals surface area contributed by atoms with E-state index in [0.717, 1.165) is 11.3 Å². The Bertz CT molecular complexity index is 654. The molecule has 21 heavy (non-hydrogen) atoms. The van der Waals surface area contributed by atoms with E-state index < -0.39 is 0 Å². The summed E-state index contributed by atoms with van der Waals surface area (Å²) >= 11 is 0.